The van der Waals surface area contributed by atoms with Crippen LogP contribution in [-0.2, 0) is 43.2 Å². The van der Waals surface area contributed by atoms with Gasteiger partial charge in [0, 0.05) is 6.42 Å². The number of carboxylic acids is 2. The molecular formula is C25H43N9O12. The number of primary amides is 1. The van der Waals surface area contributed by atoms with E-state index >= 15 is 0 Å². The van der Waals surface area contributed by atoms with Crippen LogP contribution < -0.4 is 49.1 Å². The molecule has 46 heavy (non-hydrogen) atoms. The predicted molar refractivity (Wildman–Crippen MR) is 156 cm³/mol. The molecule has 5 atom stereocenters. The summed E-state index contributed by atoms with van der Waals surface area (Å²) in [4.78, 5) is 107. The number of rotatable bonds is 23. The first-order valence-electron chi connectivity index (χ1n) is 14.1. The van der Waals surface area contributed by atoms with Gasteiger partial charge < -0.3 is 64.4 Å². The van der Waals surface area contributed by atoms with Crippen LogP contribution in [0.4, 0.5) is 0 Å². The molecule has 0 aliphatic heterocycles. The molecule has 21 heteroatoms. The summed E-state index contributed by atoms with van der Waals surface area (Å²) in [5, 5.41) is 40.3. The van der Waals surface area contributed by atoms with Crippen LogP contribution in [0, 0.1) is 0 Å². The molecule has 0 aromatic heterocycles. The summed E-state index contributed by atoms with van der Waals surface area (Å²) in [7, 11) is 0. The van der Waals surface area contributed by atoms with Crippen molar-refractivity contribution >= 4 is 53.3 Å². The SMILES string of the molecule is CC(NC(=O)CNC(=O)CNC(=O)C(CCC(N)=O)NC(=O)C(CO)NC(=O)C(N)CCCCN)C(=O)NC(CC(=O)O)C(=O)O. The quantitative estimate of drug-likeness (QED) is 0.0453. The number of aliphatic hydroxyl groups is 1. The second kappa shape index (κ2) is 21.8. The number of hydrogen-bond donors (Lipinski definition) is 12. The summed E-state index contributed by atoms with van der Waals surface area (Å²) in [6, 6.07) is -6.98. The first-order valence-corrected chi connectivity index (χ1v) is 14.1. The number of carbonyl (C=O) groups excluding carboxylic acids is 7. The number of unbranched alkanes of at least 4 members (excludes halogenated alkanes) is 1. The third kappa shape index (κ3) is 17.4. The molecule has 15 N–H and O–H groups in total. The Morgan fingerprint density at radius 3 is 1.83 bits per heavy atom. The molecule has 0 aliphatic rings. The summed E-state index contributed by atoms with van der Waals surface area (Å²) >= 11 is 0. The van der Waals surface area contributed by atoms with Gasteiger partial charge in [-0.3, -0.25) is 38.4 Å². The maximum atomic E-state index is 12.7. The average molecular weight is 662 g/mol. The Labute approximate surface area is 263 Å². The van der Waals surface area contributed by atoms with E-state index in [1.807, 2.05) is 5.32 Å². The van der Waals surface area contributed by atoms with Gasteiger partial charge in [-0.05, 0) is 32.7 Å². The van der Waals surface area contributed by atoms with E-state index in [0.29, 0.717) is 19.4 Å². The molecule has 0 radical (unpaired) electrons. The van der Waals surface area contributed by atoms with Gasteiger partial charge in [0.15, 0.2) is 0 Å². The maximum Gasteiger partial charge on any atom is 0.326 e. The normalized spacial score (nSPS) is 13.8. The van der Waals surface area contributed by atoms with Gasteiger partial charge in [0.05, 0.1) is 32.2 Å². The molecule has 0 saturated heterocycles. The zero-order valence-electron chi connectivity index (χ0n) is 25.2. The fourth-order valence-corrected chi connectivity index (χ4v) is 3.50. The zero-order chi connectivity index (χ0) is 35.4. The molecular weight excluding hydrogens is 618 g/mol. The van der Waals surface area contributed by atoms with Gasteiger partial charge in [0.25, 0.3) is 0 Å². The number of nitrogens with one attached hydrogen (secondary N) is 6. The van der Waals surface area contributed by atoms with Crippen LogP contribution >= 0.6 is 0 Å². The number of carbonyl (C=O) groups is 9. The van der Waals surface area contributed by atoms with Crippen molar-refractivity contribution in [3.8, 4) is 0 Å². The fourth-order valence-electron chi connectivity index (χ4n) is 3.50. The van der Waals surface area contributed by atoms with E-state index in [9.17, 15) is 48.3 Å². The van der Waals surface area contributed by atoms with Gasteiger partial charge in [-0.25, -0.2) is 4.79 Å². The Hall–Kier alpha value is -4.89. The molecule has 0 bridgehead atoms. The highest BCUT2D eigenvalue weighted by atomic mass is 16.4. The van der Waals surface area contributed by atoms with Crippen molar-refractivity contribution in [3.05, 3.63) is 0 Å². The lowest BCUT2D eigenvalue weighted by Crippen LogP contribution is -2.57. The van der Waals surface area contributed by atoms with Gasteiger partial charge in [0.1, 0.15) is 24.2 Å². The Balaban J connectivity index is 5.00. The minimum atomic E-state index is -1.74. The zero-order valence-corrected chi connectivity index (χ0v) is 25.2. The maximum absolute atomic E-state index is 12.7. The molecule has 7 amide bonds. The molecule has 0 fully saturated rings. The van der Waals surface area contributed by atoms with E-state index in [2.05, 4.69) is 26.6 Å². The molecule has 0 aromatic carbocycles. The van der Waals surface area contributed by atoms with E-state index in [-0.39, 0.29) is 19.3 Å². The monoisotopic (exact) mass is 661 g/mol. The standard InChI is InChI=1S/C25H43N9O12/c1-12(21(41)33-15(25(45)46)8-20(39)40)31-19(38)10-29-18(37)9-30-23(43)14(5-6-17(28)36)32-24(44)16(11-35)34-22(42)13(27)4-2-3-7-26/h12-16,35H,2-11,26-27H2,1H3,(H2,28,36)(H,29,37)(H,30,43)(H,31,38)(H,32,44)(H,33,41)(H,34,42)(H,39,40)(H,45,46). The Kier molecular flexibility index (Phi) is 19.4. The molecule has 0 aliphatic carbocycles. The van der Waals surface area contributed by atoms with Crippen LogP contribution in [0.5, 0.6) is 0 Å². The van der Waals surface area contributed by atoms with Crippen LogP contribution in [0.2, 0.25) is 0 Å². The lowest BCUT2D eigenvalue weighted by Gasteiger charge is -2.23. The molecule has 260 valence electrons. The summed E-state index contributed by atoms with van der Waals surface area (Å²) in [5.41, 5.74) is 16.3. The van der Waals surface area contributed by atoms with Gasteiger partial charge in [-0.2, -0.15) is 0 Å². The molecule has 5 unspecified atom stereocenters. The van der Waals surface area contributed by atoms with Gasteiger partial charge >= 0.3 is 11.9 Å². The van der Waals surface area contributed by atoms with E-state index in [0.717, 1.165) is 0 Å². The first-order chi connectivity index (χ1) is 21.5. The van der Waals surface area contributed by atoms with Crippen molar-refractivity contribution in [2.24, 2.45) is 17.2 Å². The van der Waals surface area contributed by atoms with Crippen LogP contribution in [0.3, 0.4) is 0 Å². The lowest BCUT2D eigenvalue weighted by atomic mass is 10.1. The minimum Gasteiger partial charge on any atom is -0.481 e. The van der Waals surface area contributed by atoms with Gasteiger partial charge in [-0.15, -0.1) is 0 Å². The average Bonchev–Trinajstić information content (AvgIpc) is 2.98. The topological polar surface area (TPSA) is 365 Å². The highest BCUT2D eigenvalue weighted by Crippen LogP contribution is 2.01. The van der Waals surface area contributed by atoms with E-state index in [4.69, 9.17) is 27.4 Å². The van der Waals surface area contributed by atoms with Crippen molar-refractivity contribution in [1.29, 1.82) is 0 Å². The highest BCUT2D eigenvalue weighted by molar-refractivity contribution is 5.95. The molecule has 0 aromatic rings. The Morgan fingerprint density at radius 1 is 0.696 bits per heavy atom. The lowest BCUT2D eigenvalue weighted by molar-refractivity contribution is -0.147. The molecule has 0 spiro atoms. The molecule has 0 heterocycles. The number of amides is 7. The fraction of sp³-hybridized carbons (Fsp3) is 0.640. The number of hydrogen-bond acceptors (Lipinski definition) is 12. The van der Waals surface area contributed by atoms with Crippen molar-refractivity contribution in [1.82, 2.24) is 31.9 Å². The summed E-state index contributed by atoms with van der Waals surface area (Å²) < 4.78 is 0. The molecule has 21 nitrogen and oxygen atoms in total. The largest absolute Gasteiger partial charge is 0.481 e. The van der Waals surface area contributed by atoms with Crippen LogP contribution in [0.1, 0.15) is 45.4 Å². The number of carboxylic acid groups (broad SMARTS) is 2. The molecule has 0 rings (SSSR count). The van der Waals surface area contributed by atoms with Crippen molar-refractivity contribution in [2.75, 3.05) is 26.2 Å². The van der Waals surface area contributed by atoms with Crippen LogP contribution in [0.25, 0.3) is 0 Å². The smallest absolute Gasteiger partial charge is 0.326 e. The second-order valence-electron chi connectivity index (χ2n) is 9.98. The van der Waals surface area contributed by atoms with E-state index in [1.165, 1.54) is 6.92 Å². The third-order valence-electron chi connectivity index (χ3n) is 6.07. The van der Waals surface area contributed by atoms with Crippen molar-refractivity contribution < 1.29 is 58.5 Å². The Bertz CT molecular complexity index is 1120. The minimum absolute atomic E-state index is 0.270. The molecule has 0 saturated carbocycles. The van der Waals surface area contributed by atoms with Crippen LogP contribution in [-0.4, -0.2) is 125 Å². The summed E-state index contributed by atoms with van der Waals surface area (Å²) in [6.45, 7) is -0.668. The number of aliphatic hydroxyl groups excluding tert-OH is 1. The number of nitrogens with two attached hydrogens (primary N) is 3. The predicted octanol–water partition coefficient (Wildman–Crippen LogP) is -6.55. The van der Waals surface area contributed by atoms with Gasteiger partial charge in [0.2, 0.25) is 41.4 Å². The Morgan fingerprint density at radius 2 is 1.28 bits per heavy atom. The van der Waals surface area contributed by atoms with Crippen molar-refractivity contribution in [2.45, 2.75) is 75.7 Å². The second-order valence-corrected chi connectivity index (χ2v) is 9.98. The highest BCUT2D eigenvalue weighted by Gasteiger charge is 2.29. The summed E-state index contributed by atoms with van der Waals surface area (Å²) in [5.74, 6) is -9.35. The van der Waals surface area contributed by atoms with Crippen LogP contribution in [0.15, 0.2) is 0 Å². The summed E-state index contributed by atoms with van der Waals surface area (Å²) in [6.07, 6.45) is -0.125. The van der Waals surface area contributed by atoms with Gasteiger partial charge in [-0.1, -0.05) is 6.42 Å². The van der Waals surface area contributed by atoms with E-state index < -0.39 is 110 Å². The van der Waals surface area contributed by atoms with E-state index in [1.54, 1.807) is 0 Å². The third-order valence-corrected chi connectivity index (χ3v) is 6.07. The van der Waals surface area contributed by atoms with Crippen molar-refractivity contribution in [3.63, 3.8) is 0 Å². The number of aliphatic carboxylic acids is 2. The first kappa shape index (κ1) is 41.1.